The zero-order chi connectivity index (χ0) is 9.47. The Morgan fingerprint density at radius 2 is 2.38 bits per heavy atom. The van der Waals surface area contributed by atoms with Crippen LogP contribution in [0.25, 0.3) is 4.96 Å². The molecule has 0 amide bonds. The molecular formula is C6H7N3O2S2. The first-order valence-corrected chi connectivity index (χ1v) is 6.06. The van der Waals surface area contributed by atoms with Crippen molar-refractivity contribution < 1.29 is 8.42 Å². The van der Waals surface area contributed by atoms with Crippen LogP contribution in [0.2, 0.25) is 0 Å². The van der Waals surface area contributed by atoms with E-state index in [0.29, 0.717) is 5.69 Å². The number of aromatic nitrogens is 2. The Bertz CT molecular complexity index is 496. The summed E-state index contributed by atoms with van der Waals surface area (Å²) in [4.78, 5) is 4.86. The van der Waals surface area contributed by atoms with E-state index in [2.05, 4.69) is 4.98 Å². The lowest BCUT2D eigenvalue weighted by Gasteiger charge is -1.90. The van der Waals surface area contributed by atoms with Crippen molar-refractivity contribution in [2.45, 2.75) is 5.75 Å². The minimum Gasteiger partial charge on any atom is -0.297 e. The molecule has 2 heterocycles. The van der Waals surface area contributed by atoms with Gasteiger partial charge in [0.2, 0.25) is 10.0 Å². The second kappa shape index (κ2) is 2.79. The van der Waals surface area contributed by atoms with Crippen molar-refractivity contribution in [3.63, 3.8) is 0 Å². The fraction of sp³-hybridized carbons (Fsp3) is 0.167. The van der Waals surface area contributed by atoms with Crippen LogP contribution in [0.1, 0.15) is 5.69 Å². The molecule has 5 nitrogen and oxygen atoms in total. The molecule has 0 radical (unpaired) electrons. The standard InChI is InChI=1S/C6H7N3O2S2/c7-13(10,11)4-5-3-9-1-2-12-6(9)8-5/h1-3H,4H2,(H2,7,10,11). The lowest BCUT2D eigenvalue weighted by molar-refractivity contribution is 0.596. The third kappa shape index (κ3) is 1.87. The first-order chi connectivity index (χ1) is 6.04. The Balaban J connectivity index is 2.41. The maximum atomic E-state index is 10.7. The molecule has 0 saturated heterocycles. The molecule has 0 aliphatic carbocycles. The van der Waals surface area contributed by atoms with Crippen molar-refractivity contribution in [2.75, 3.05) is 0 Å². The van der Waals surface area contributed by atoms with E-state index in [1.165, 1.54) is 11.3 Å². The first-order valence-electron chi connectivity index (χ1n) is 3.46. The van der Waals surface area contributed by atoms with Crippen molar-refractivity contribution in [3.8, 4) is 0 Å². The summed E-state index contributed by atoms with van der Waals surface area (Å²) in [7, 11) is -3.47. The zero-order valence-electron chi connectivity index (χ0n) is 6.54. The van der Waals surface area contributed by atoms with Crippen LogP contribution in [0.15, 0.2) is 17.8 Å². The topological polar surface area (TPSA) is 77.5 Å². The van der Waals surface area contributed by atoms with E-state index in [1.54, 1.807) is 10.6 Å². The van der Waals surface area contributed by atoms with Gasteiger partial charge in [0.25, 0.3) is 0 Å². The number of hydrogen-bond acceptors (Lipinski definition) is 4. The summed E-state index contributed by atoms with van der Waals surface area (Å²) in [6, 6.07) is 0. The number of thiazole rings is 1. The molecule has 70 valence electrons. The molecular weight excluding hydrogens is 210 g/mol. The molecule has 0 atom stereocenters. The van der Waals surface area contributed by atoms with E-state index in [0.717, 1.165) is 4.96 Å². The molecule has 0 aliphatic rings. The summed E-state index contributed by atoms with van der Waals surface area (Å²) < 4.78 is 23.2. The second-order valence-corrected chi connectivity index (χ2v) is 5.12. The monoisotopic (exact) mass is 217 g/mol. The number of sulfonamides is 1. The van der Waals surface area contributed by atoms with E-state index < -0.39 is 10.0 Å². The smallest absolute Gasteiger partial charge is 0.214 e. The van der Waals surface area contributed by atoms with Crippen molar-refractivity contribution in [3.05, 3.63) is 23.5 Å². The summed E-state index contributed by atoms with van der Waals surface area (Å²) in [5.74, 6) is -0.207. The van der Waals surface area contributed by atoms with Crippen LogP contribution in [0.3, 0.4) is 0 Å². The van der Waals surface area contributed by atoms with Crippen molar-refractivity contribution >= 4 is 26.3 Å². The van der Waals surface area contributed by atoms with Gasteiger partial charge in [0, 0.05) is 17.8 Å². The second-order valence-electron chi connectivity index (χ2n) is 2.63. The van der Waals surface area contributed by atoms with E-state index in [-0.39, 0.29) is 5.75 Å². The summed E-state index contributed by atoms with van der Waals surface area (Å²) in [5, 5.41) is 6.76. The van der Waals surface area contributed by atoms with Crippen LogP contribution in [0, 0.1) is 0 Å². The molecule has 2 aromatic heterocycles. The quantitative estimate of drug-likeness (QED) is 0.779. The fourth-order valence-electron chi connectivity index (χ4n) is 1.05. The van der Waals surface area contributed by atoms with E-state index >= 15 is 0 Å². The Morgan fingerprint density at radius 3 is 3.00 bits per heavy atom. The Hall–Kier alpha value is -0.920. The highest BCUT2D eigenvalue weighted by atomic mass is 32.2. The largest absolute Gasteiger partial charge is 0.297 e. The van der Waals surface area contributed by atoms with Gasteiger partial charge in [0.05, 0.1) is 5.69 Å². The molecule has 2 N–H and O–H groups in total. The van der Waals surface area contributed by atoms with Crippen LogP contribution in [0.4, 0.5) is 0 Å². The Morgan fingerprint density at radius 1 is 1.62 bits per heavy atom. The Kier molecular flexibility index (Phi) is 1.86. The van der Waals surface area contributed by atoms with E-state index in [9.17, 15) is 8.42 Å². The molecule has 0 saturated carbocycles. The van der Waals surface area contributed by atoms with Gasteiger partial charge < -0.3 is 0 Å². The van der Waals surface area contributed by atoms with Gasteiger partial charge in [-0.2, -0.15) is 0 Å². The molecule has 13 heavy (non-hydrogen) atoms. The molecule has 0 aromatic carbocycles. The third-order valence-electron chi connectivity index (χ3n) is 1.49. The number of nitrogens with two attached hydrogens (primary N) is 1. The van der Waals surface area contributed by atoms with E-state index in [4.69, 9.17) is 5.14 Å². The average Bonchev–Trinajstić information content (AvgIpc) is 2.40. The van der Waals surface area contributed by atoms with Crippen LogP contribution in [-0.2, 0) is 15.8 Å². The molecule has 0 aliphatic heterocycles. The van der Waals surface area contributed by atoms with Gasteiger partial charge in [-0.1, -0.05) is 0 Å². The van der Waals surface area contributed by atoms with Crippen LogP contribution >= 0.6 is 11.3 Å². The van der Waals surface area contributed by atoms with Crippen LogP contribution < -0.4 is 5.14 Å². The van der Waals surface area contributed by atoms with Crippen molar-refractivity contribution in [2.24, 2.45) is 5.14 Å². The number of hydrogen-bond donors (Lipinski definition) is 1. The van der Waals surface area contributed by atoms with Gasteiger partial charge in [-0.05, 0) is 0 Å². The molecule has 7 heteroatoms. The summed E-state index contributed by atoms with van der Waals surface area (Å²) >= 11 is 1.45. The minimum absolute atomic E-state index is 0.207. The highest BCUT2D eigenvalue weighted by molar-refractivity contribution is 7.88. The van der Waals surface area contributed by atoms with E-state index in [1.807, 2.05) is 11.6 Å². The predicted octanol–water partition coefficient (Wildman–Crippen LogP) is 0.184. The maximum Gasteiger partial charge on any atom is 0.214 e. The van der Waals surface area contributed by atoms with Crippen LogP contribution in [-0.4, -0.2) is 17.8 Å². The number of fused-ring (bicyclic) bond motifs is 1. The van der Waals surface area contributed by atoms with Gasteiger partial charge in [0.1, 0.15) is 5.75 Å². The number of primary sulfonamides is 1. The Labute approximate surface area is 78.9 Å². The molecule has 2 aromatic rings. The van der Waals surface area contributed by atoms with Gasteiger partial charge in [0.15, 0.2) is 4.96 Å². The first kappa shape index (κ1) is 8.67. The number of imidazole rings is 1. The highest BCUT2D eigenvalue weighted by Gasteiger charge is 2.09. The predicted molar refractivity (Wildman–Crippen MR) is 49.9 cm³/mol. The average molecular weight is 217 g/mol. The van der Waals surface area contributed by atoms with Crippen molar-refractivity contribution in [1.82, 2.24) is 9.38 Å². The lowest BCUT2D eigenvalue weighted by atomic mass is 10.6. The summed E-state index contributed by atoms with van der Waals surface area (Å²) in [6.07, 6.45) is 3.48. The number of nitrogens with zero attached hydrogens (tertiary/aromatic N) is 2. The third-order valence-corrected chi connectivity index (χ3v) is 2.96. The normalized spacial score (nSPS) is 12.4. The summed E-state index contributed by atoms with van der Waals surface area (Å²) in [6.45, 7) is 0. The van der Waals surface area contributed by atoms with Gasteiger partial charge in [-0.3, -0.25) is 4.40 Å². The van der Waals surface area contributed by atoms with Crippen molar-refractivity contribution in [1.29, 1.82) is 0 Å². The van der Waals surface area contributed by atoms with Crippen LogP contribution in [0.5, 0.6) is 0 Å². The molecule has 0 unspecified atom stereocenters. The lowest BCUT2D eigenvalue weighted by Crippen LogP contribution is -2.14. The van der Waals surface area contributed by atoms with Gasteiger partial charge in [-0.15, -0.1) is 11.3 Å². The molecule has 2 rings (SSSR count). The van der Waals surface area contributed by atoms with Gasteiger partial charge in [-0.25, -0.2) is 18.5 Å². The SMILES string of the molecule is NS(=O)(=O)Cc1cn2ccsc2n1. The maximum absolute atomic E-state index is 10.7. The summed E-state index contributed by atoms with van der Waals surface area (Å²) in [5.41, 5.74) is 0.481. The van der Waals surface area contributed by atoms with Gasteiger partial charge >= 0.3 is 0 Å². The highest BCUT2D eigenvalue weighted by Crippen LogP contribution is 2.12. The molecule has 0 spiro atoms. The fourth-order valence-corrected chi connectivity index (χ4v) is 2.32. The number of rotatable bonds is 2. The molecule has 0 fully saturated rings. The zero-order valence-corrected chi connectivity index (χ0v) is 8.18. The minimum atomic E-state index is -3.47. The molecule has 0 bridgehead atoms.